The number of fused-ring (bicyclic) bond motifs is 16. The fourth-order valence-electron chi connectivity index (χ4n) is 11.4. The molecular formula is C58H39NO. The fourth-order valence-corrected chi connectivity index (χ4v) is 11.4. The summed E-state index contributed by atoms with van der Waals surface area (Å²) >= 11 is 0. The highest BCUT2D eigenvalue weighted by Crippen LogP contribution is 2.64. The second kappa shape index (κ2) is 12.1. The first kappa shape index (κ1) is 33.5. The molecule has 0 unspecified atom stereocenters. The number of nitrogens with zero attached hydrogens (tertiary/aromatic N) is 1. The van der Waals surface area contributed by atoms with Gasteiger partial charge in [-0.3, -0.25) is 0 Å². The summed E-state index contributed by atoms with van der Waals surface area (Å²) in [7, 11) is 0. The first-order valence-corrected chi connectivity index (χ1v) is 21.0. The maximum Gasteiger partial charge on any atom is 0.137 e. The Kier molecular flexibility index (Phi) is 6.74. The van der Waals surface area contributed by atoms with Crippen LogP contribution in [0, 0.1) is 0 Å². The van der Waals surface area contributed by atoms with Crippen LogP contribution in [0.15, 0.2) is 205 Å². The van der Waals surface area contributed by atoms with Crippen molar-refractivity contribution >= 4 is 39.0 Å². The van der Waals surface area contributed by atoms with Crippen LogP contribution in [0.25, 0.3) is 66.4 Å². The Morgan fingerprint density at radius 1 is 0.383 bits per heavy atom. The van der Waals surface area contributed by atoms with Gasteiger partial charge < -0.3 is 9.32 Å². The van der Waals surface area contributed by atoms with E-state index in [2.05, 4.69) is 219 Å². The van der Waals surface area contributed by atoms with Gasteiger partial charge in [0.15, 0.2) is 0 Å². The topological polar surface area (TPSA) is 16.4 Å². The third-order valence-electron chi connectivity index (χ3n) is 13.9. The zero-order valence-electron chi connectivity index (χ0n) is 33.4. The molecule has 2 heteroatoms. The molecule has 0 aliphatic heterocycles. The first-order valence-electron chi connectivity index (χ1n) is 21.0. The largest absolute Gasteiger partial charge is 0.456 e. The summed E-state index contributed by atoms with van der Waals surface area (Å²) in [5.41, 5.74) is 22.6. The Morgan fingerprint density at radius 2 is 0.933 bits per heavy atom. The predicted octanol–water partition coefficient (Wildman–Crippen LogP) is 15.4. The van der Waals surface area contributed by atoms with Crippen molar-refractivity contribution in [3.8, 4) is 44.5 Å². The lowest BCUT2D eigenvalue weighted by molar-refractivity contribution is 0.661. The highest BCUT2D eigenvalue weighted by atomic mass is 16.3. The standard InChI is InChI=1S/C58H39NO/c1-57(2)46-23-10-6-20-41(46)44-22-14-27-52(56(44)57)59(51-26-15-29-54-55(51)45-21-9-13-28-53(45)60-54)38-31-33-43-42-32-30-37(36-16-4-3-5-17-36)34-49(42)58(50(43)35-38)47-24-11-7-18-39(47)40-19-8-12-25-48(40)58/h3-35H,1-2H3. The van der Waals surface area contributed by atoms with E-state index in [0.717, 1.165) is 33.3 Å². The predicted molar refractivity (Wildman–Crippen MR) is 248 cm³/mol. The molecule has 3 aliphatic carbocycles. The zero-order chi connectivity index (χ0) is 39.7. The smallest absolute Gasteiger partial charge is 0.137 e. The molecule has 10 aromatic rings. The Morgan fingerprint density at radius 3 is 1.70 bits per heavy atom. The molecule has 0 amide bonds. The van der Waals surface area contributed by atoms with Crippen LogP contribution >= 0.6 is 0 Å². The summed E-state index contributed by atoms with van der Waals surface area (Å²) < 4.78 is 6.59. The van der Waals surface area contributed by atoms with Crippen LogP contribution in [0.5, 0.6) is 0 Å². The molecule has 1 spiro atoms. The molecule has 2 nitrogen and oxygen atoms in total. The summed E-state index contributed by atoms with van der Waals surface area (Å²) in [6.45, 7) is 4.77. The third kappa shape index (κ3) is 4.27. The number of anilines is 3. The SMILES string of the molecule is CC1(C)c2ccccc2-c2cccc(N(c3ccc4c(c3)C3(c5ccccc5-c5ccccc53)c3cc(-c5ccccc5)ccc3-4)c3cccc4oc5ccccc5c34)c21. The highest BCUT2D eigenvalue weighted by Gasteiger charge is 2.52. The van der Waals surface area contributed by atoms with E-state index in [4.69, 9.17) is 4.42 Å². The van der Waals surface area contributed by atoms with Crippen molar-refractivity contribution < 1.29 is 4.42 Å². The van der Waals surface area contributed by atoms with Gasteiger partial charge in [0.2, 0.25) is 0 Å². The van der Waals surface area contributed by atoms with Gasteiger partial charge in [0.25, 0.3) is 0 Å². The van der Waals surface area contributed by atoms with Gasteiger partial charge in [0.1, 0.15) is 11.2 Å². The van der Waals surface area contributed by atoms with E-state index in [1.807, 2.05) is 0 Å². The van der Waals surface area contributed by atoms with Gasteiger partial charge in [0.05, 0.1) is 22.2 Å². The summed E-state index contributed by atoms with van der Waals surface area (Å²) in [6.07, 6.45) is 0. The van der Waals surface area contributed by atoms with E-state index in [1.165, 1.54) is 83.6 Å². The van der Waals surface area contributed by atoms with Crippen molar-refractivity contribution in [2.45, 2.75) is 24.7 Å². The van der Waals surface area contributed by atoms with Crippen molar-refractivity contribution in [3.63, 3.8) is 0 Å². The van der Waals surface area contributed by atoms with Crippen molar-refractivity contribution in [2.75, 3.05) is 4.90 Å². The van der Waals surface area contributed by atoms with Crippen molar-refractivity contribution in [1.29, 1.82) is 0 Å². The third-order valence-corrected chi connectivity index (χ3v) is 13.9. The number of benzene rings is 9. The molecule has 0 radical (unpaired) electrons. The van der Waals surface area contributed by atoms with Crippen LogP contribution in [-0.4, -0.2) is 0 Å². The van der Waals surface area contributed by atoms with Gasteiger partial charge in [-0.25, -0.2) is 0 Å². The molecular weight excluding hydrogens is 727 g/mol. The average Bonchev–Trinajstić information content (AvgIpc) is 3.99. The second-order valence-corrected chi connectivity index (χ2v) is 17.2. The lowest BCUT2D eigenvalue weighted by Crippen LogP contribution is -2.26. The minimum absolute atomic E-state index is 0.238. The Bertz CT molecular complexity index is 3380. The minimum atomic E-state index is -0.521. The number of hydrogen-bond acceptors (Lipinski definition) is 2. The molecule has 0 saturated heterocycles. The van der Waals surface area contributed by atoms with Crippen LogP contribution in [0.2, 0.25) is 0 Å². The van der Waals surface area contributed by atoms with E-state index in [-0.39, 0.29) is 5.41 Å². The van der Waals surface area contributed by atoms with Crippen LogP contribution in [0.1, 0.15) is 47.2 Å². The Balaban J connectivity index is 1.14. The maximum absolute atomic E-state index is 6.59. The normalized spacial score (nSPS) is 14.4. The van der Waals surface area contributed by atoms with Crippen molar-refractivity contribution in [3.05, 3.63) is 234 Å². The molecule has 3 aliphatic rings. The van der Waals surface area contributed by atoms with Crippen molar-refractivity contribution in [1.82, 2.24) is 0 Å². The number of furan rings is 1. The lowest BCUT2D eigenvalue weighted by atomic mass is 9.70. The highest BCUT2D eigenvalue weighted by molar-refractivity contribution is 6.14. The summed E-state index contributed by atoms with van der Waals surface area (Å²) in [5.74, 6) is 0. The molecule has 282 valence electrons. The average molecular weight is 766 g/mol. The van der Waals surface area contributed by atoms with Gasteiger partial charge in [-0.15, -0.1) is 0 Å². The van der Waals surface area contributed by atoms with Crippen LogP contribution in [0.4, 0.5) is 17.1 Å². The van der Waals surface area contributed by atoms with Gasteiger partial charge in [0, 0.05) is 16.5 Å². The monoisotopic (exact) mass is 765 g/mol. The number of para-hydroxylation sites is 1. The second-order valence-electron chi connectivity index (χ2n) is 17.2. The van der Waals surface area contributed by atoms with E-state index >= 15 is 0 Å². The van der Waals surface area contributed by atoms with E-state index in [9.17, 15) is 0 Å². The molecule has 1 heterocycles. The van der Waals surface area contributed by atoms with E-state index in [0.29, 0.717) is 0 Å². The van der Waals surface area contributed by atoms with Crippen LogP contribution < -0.4 is 4.90 Å². The number of hydrogen-bond donors (Lipinski definition) is 0. The summed E-state index contributed by atoms with van der Waals surface area (Å²) in [4.78, 5) is 2.54. The maximum atomic E-state index is 6.59. The molecule has 0 N–H and O–H groups in total. The molecule has 60 heavy (non-hydrogen) atoms. The summed E-state index contributed by atoms with van der Waals surface area (Å²) in [6, 6.07) is 74.3. The number of rotatable bonds is 4. The van der Waals surface area contributed by atoms with Gasteiger partial charge >= 0.3 is 0 Å². The summed E-state index contributed by atoms with van der Waals surface area (Å²) in [5, 5.41) is 2.22. The fraction of sp³-hybridized carbons (Fsp3) is 0.0690. The van der Waals surface area contributed by atoms with Crippen LogP contribution in [-0.2, 0) is 10.8 Å². The zero-order valence-corrected chi connectivity index (χ0v) is 33.4. The van der Waals surface area contributed by atoms with Gasteiger partial charge in [-0.05, 0) is 120 Å². The molecule has 13 rings (SSSR count). The van der Waals surface area contributed by atoms with Crippen molar-refractivity contribution in [2.24, 2.45) is 0 Å². The molecule has 0 atom stereocenters. The molecule has 9 aromatic carbocycles. The van der Waals surface area contributed by atoms with Gasteiger partial charge in [-0.1, -0.05) is 172 Å². The van der Waals surface area contributed by atoms with Gasteiger partial charge in [-0.2, -0.15) is 0 Å². The Labute approximate surface area is 349 Å². The van der Waals surface area contributed by atoms with Crippen LogP contribution in [0.3, 0.4) is 0 Å². The lowest BCUT2D eigenvalue weighted by Gasteiger charge is -2.34. The Hall–Kier alpha value is -7.42. The minimum Gasteiger partial charge on any atom is -0.456 e. The molecule has 1 aromatic heterocycles. The molecule has 0 fully saturated rings. The first-order chi connectivity index (χ1) is 29.5. The van der Waals surface area contributed by atoms with E-state index in [1.54, 1.807) is 0 Å². The molecule has 0 saturated carbocycles. The quantitative estimate of drug-likeness (QED) is 0.177. The molecule has 0 bridgehead atoms. The van der Waals surface area contributed by atoms with E-state index < -0.39 is 5.41 Å².